The predicted molar refractivity (Wildman–Crippen MR) is 85.3 cm³/mol. The van der Waals surface area contributed by atoms with Gasteiger partial charge < -0.3 is 5.32 Å². The molecular formula is C13H17IN2OS. The summed E-state index contributed by atoms with van der Waals surface area (Å²) in [4.78, 5) is 14.4. The van der Waals surface area contributed by atoms with Crippen molar-refractivity contribution in [2.45, 2.75) is 0 Å². The van der Waals surface area contributed by atoms with Crippen LogP contribution in [0.15, 0.2) is 24.3 Å². The quantitative estimate of drug-likeness (QED) is 0.817. The number of carbonyl (C=O) groups excluding carboxylic acids is 1. The summed E-state index contributed by atoms with van der Waals surface area (Å²) in [7, 11) is 0. The van der Waals surface area contributed by atoms with Crippen LogP contribution in [0.3, 0.4) is 0 Å². The molecule has 1 saturated heterocycles. The summed E-state index contributed by atoms with van der Waals surface area (Å²) in [6.07, 6.45) is 0. The first kappa shape index (κ1) is 14.1. The third kappa shape index (κ3) is 4.13. The number of hydrogen-bond acceptors (Lipinski definition) is 3. The molecule has 1 aliphatic rings. The first-order chi connectivity index (χ1) is 8.77. The van der Waals surface area contributed by atoms with Gasteiger partial charge in [-0.2, -0.15) is 11.8 Å². The molecule has 1 heterocycles. The maximum absolute atomic E-state index is 12.0. The Kier molecular flexibility index (Phi) is 5.78. The van der Waals surface area contributed by atoms with Gasteiger partial charge >= 0.3 is 0 Å². The van der Waals surface area contributed by atoms with E-state index in [2.05, 4.69) is 32.8 Å². The molecule has 2 rings (SSSR count). The zero-order valence-corrected chi connectivity index (χ0v) is 13.2. The first-order valence-electron chi connectivity index (χ1n) is 6.10. The molecule has 1 fully saturated rings. The third-order valence-corrected chi connectivity index (χ3v) is 4.82. The van der Waals surface area contributed by atoms with Crippen molar-refractivity contribution in [2.75, 3.05) is 37.7 Å². The lowest BCUT2D eigenvalue weighted by molar-refractivity contribution is 0.0948. The van der Waals surface area contributed by atoms with Crippen LogP contribution < -0.4 is 5.32 Å². The normalized spacial score (nSPS) is 16.5. The Morgan fingerprint density at radius 2 is 2.06 bits per heavy atom. The van der Waals surface area contributed by atoms with Crippen LogP contribution in [0.25, 0.3) is 0 Å². The van der Waals surface area contributed by atoms with Gasteiger partial charge in [0, 0.05) is 41.3 Å². The minimum absolute atomic E-state index is 0.0337. The van der Waals surface area contributed by atoms with E-state index in [-0.39, 0.29) is 5.91 Å². The second-order valence-corrected chi connectivity index (χ2v) is 6.58. The van der Waals surface area contributed by atoms with Gasteiger partial charge in [-0.1, -0.05) is 12.1 Å². The van der Waals surface area contributed by atoms with Gasteiger partial charge in [-0.3, -0.25) is 9.69 Å². The molecule has 3 nitrogen and oxygen atoms in total. The number of nitrogens with one attached hydrogen (secondary N) is 1. The number of carbonyl (C=O) groups is 1. The van der Waals surface area contributed by atoms with Crippen LogP contribution in [-0.4, -0.2) is 48.5 Å². The van der Waals surface area contributed by atoms with E-state index in [0.717, 1.165) is 35.3 Å². The highest BCUT2D eigenvalue weighted by molar-refractivity contribution is 14.1. The zero-order chi connectivity index (χ0) is 12.8. The molecule has 1 aromatic carbocycles. The topological polar surface area (TPSA) is 32.3 Å². The minimum Gasteiger partial charge on any atom is -0.351 e. The van der Waals surface area contributed by atoms with Crippen molar-refractivity contribution in [2.24, 2.45) is 0 Å². The van der Waals surface area contributed by atoms with Crippen molar-refractivity contribution in [1.29, 1.82) is 0 Å². The summed E-state index contributed by atoms with van der Waals surface area (Å²) in [5, 5.41) is 2.99. The van der Waals surface area contributed by atoms with Gasteiger partial charge in [0.25, 0.3) is 5.91 Å². The smallest absolute Gasteiger partial charge is 0.252 e. The van der Waals surface area contributed by atoms with E-state index in [1.54, 1.807) is 0 Å². The molecule has 0 saturated carbocycles. The molecule has 1 aliphatic heterocycles. The lowest BCUT2D eigenvalue weighted by Gasteiger charge is -2.26. The molecule has 1 N–H and O–H groups in total. The van der Waals surface area contributed by atoms with Gasteiger partial charge in [-0.25, -0.2) is 0 Å². The monoisotopic (exact) mass is 376 g/mol. The van der Waals surface area contributed by atoms with Crippen LogP contribution in [0.1, 0.15) is 10.4 Å². The molecule has 5 heteroatoms. The number of rotatable bonds is 4. The van der Waals surface area contributed by atoms with Crippen molar-refractivity contribution in [3.63, 3.8) is 0 Å². The van der Waals surface area contributed by atoms with Crippen molar-refractivity contribution in [3.05, 3.63) is 33.4 Å². The maximum Gasteiger partial charge on any atom is 0.252 e. The number of amides is 1. The fraction of sp³-hybridized carbons (Fsp3) is 0.462. The van der Waals surface area contributed by atoms with Gasteiger partial charge in [0.1, 0.15) is 0 Å². The van der Waals surface area contributed by atoms with Crippen molar-refractivity contribution >= 4 is 40.3 Å². The van der Waals surface area contributed by atoms with Crippen molar-refractivity contribution in [3.8, 4) is 0 Å². The van der Waals surface area contributed by atoms with Crippen LogP contribution in [0.2, 0.25) is 0 Å². The van der Waals surface area contributed by atoms with Gasteiger partial charge in [0.15, 0.2) is 0 Å². The number of nitrogens with zero attached hydrogens (tertiary/aromatic N) is 1. The summed E-state index contributed by atoms with van der Waals surface area (Å²) >= 11 is 4.20. The second kappa shape index (κ2) is 7.35. The molecular weight excluding hydrogens is 359 g/mol. The lowest BCUT2D eigenvalue weighted by atomic mass is 10.2. The molecule has 0 unspecified atom stereocenters. The van der Waals surface area contributed by atoms with E-state index in [0.29, 0.717) is 0 Å². The summed E-state index contributed by atoms with van der Waals surface area (Å²) in [6.45, 7) is 3.97. The maximum atomic E-state index is 12.0. The summed E-state index contributed by atoms with van der Waals surface area (Å²) in [5.41, 5.74) is 0.771. The Bertz CT molecular complexity index is 408. The van der Waals surface area contributed by atoms with Gasteiger partial charge in [-0.05, 0) is 34.7 Å². The average Bonchev–Trinajstić information content (AvgIpc) is 2.40. The number of halogens is 1. The van der Waals surface area contributed by atoms with Crippen LogP contribution in [-0.2, 0) is 0 Å². The van der Waals surface area contributed by atoms with Crippen molar-refractivity contribution in [1.82, 2.24) is 10.2 Å². The highest BCUT2D eigenvalue weighted by Gasteiger charge is 2.11. The molecule has 0 aliphatic carbocycles. The van der Waals surface area contributed by atoms with Crippen LogP contribution in [0.4, 0.5) is 0 Å². The van der Waals surface area contributed by atoms with E-state index in [1.165, 1.54) is 11.5 Å². The molecule has 0 spiro atoms. The highest BCUT2D eigenvalue weighted by atomic mass is 127. The molecule has 1 aromatic rings. The predicted octanol–water partition coefficient (Wildman–Crippen LogP) is 2.07. The Morgan fingerprint density at radius 3 is 2.78 bits per heavy atom. The Morgan fingerprint density at radius 1 is 1.33 bits per heavy atom. The molecule has 18 heavy (non-hydrogen) atoms. The lowest BCUT2D eigenvalue weighted by Crippen LogP contribution is -2.39. The van der Waals surface area contributed by atoms with E-state index in [4.69, 9.17) is 0 Å². The molecule has 0 atom stereocenters. The molecule has 0 bridgehead atoms. The Hall–Kier alpha value is -0.270. The van der Waals surface area contributed by atoms with Gasteiger partial charge in [0.2, 0.25) is 0 Å². The van der Waals surface area contributed by atoms with Crippen LogP contribution >= 0.6 is 34.4 Å². The van der Waals surface area contributed by atoms with Gasteiger partial charge in [-0.15, -0.1) is 0 Å². The van der Waals surface area contributed by atoms with Crippen LogP contribution in [0.5, 0.6) is 0 Å². The second-order valence-electron chi connectivity index (χ2n) is 4.19. The summed E-state index contributed by atoms with van der Waals surface area (Å²) in [6, 6.07) is 7.68. The standard InChI is InChI=1S/C13H17IN2OS/c14-12-4-2-1-3-11(12)13(17)15-5-6-16-7-9-18-10-8-16/h1-4H,5-10H2,(H,15,17). The van der Waals surface area contributed by atoms with E-state index in [1.807, 2.05) is 36.0 Å². The summed E-state index contributed by atoms with van der Waals surface area (Å²) in [5.74, 6) is 2.46. The molecule has 1 amide bonds. The fourth-order valence-corrected chi connectivity index (χ4v) is 3.50. The molecule has 0 aromatic heterocycles. The van der Waals surface area contributed by atoms with E-state index < -0.39 is 0 Å². The SMILES string of the molecule is O=C(NCCN1CCSCC1)c1ccccc1I. The first-order valence-corrected chi connectivity index (χ1v) is 8.33. The van der Waals surface area contributed by atoms with E-state index in [9.17, 15) is 4.79 Å². The fourth-order valence-electron chi connectivity index (χ4n) is 1.89. The van der Waals surface area contributed by atoms with Crippen LogP contribution in [0, 0.1) is 3.57 Å². The van der Waals surface area contributed by atoms with Gasteiger partial charge in [0.05, 0.1) is 5.56 Å². The molecule has 0 radical (unpaired) electrons. The van der Waals surface area contributed by atoms with Crippen molar-refractivity contribution < 1.29 is 4.79 Å². The highest BCUT2D eigenvalue weighted by Crippen LogP contribution is 2.11. The zero-order valence-electron chi connectivity index (χ0n) is 10.2. The van der Waals surface area contributed by atoms with E-state index >= 15 is 0 Å². The average molecular weight is 376 g/mol. The number of benzene rings is 1. The largest absolute Gasteiger partial charge is 0.351 e. The Labute approximate surface area is 126 Å². The number of hydrogen-bond donors (Lipinski definition) is 1. The third-order valence-electron chi connectivity index (χ3n) is 2.94. The number of thioether (sulfide) groups is 1. The summed E-state index contributed by atoms with van der Waals surface area (Å²) < 4.78 is 1.00. The molecule has 98 valence electrons. The Balaban J connectivity index is 1.76. The minimum atomic E-state index is 0.0337.